The molecule has 0 atom stereocenters. The summed E-state index contributed by atoms with van der Waals surface area (Å²) >= 11 is 0. The van der Waals surface area contributed by atoms with Gasteiger partial charge in [-0.1, -0.05) is 6.07 Å². The highest BCUT2D eigenvalue weighted by Crippen LogP contribution is 2.22. The molecule has 0 saturated carbocycles. The predicted octanol–water partition coefficient (Wildman–Crippen LogP) is 2.88. The highest BCUT2D eigenvalue weighted by atomic mass is 19.3. The first kappa shape index (κ1) is 17.5. The lowest BCUT2D eigenvalue weighted by molar-refractivity contribution is 0.146. The lowest BCUT2D eigenvalue weighted by Gasteiger charge is -2.35. The quantitative estimate of drug-likeness (QED) is 0.828. The van der Waals surface area contributed by atoms with Gasteiger partial charge in [0.15, 0.2) is 11.6 Å². The van der Waals surface area contributed by atoms with Gasteiger partial charge in [-0.15, -0.1) is 0 Å². The first-order valence-corrected chi connectivity index (χ1v) is 7.96. The minimum absolute atomic E-state index is 0.229. The van der Waals surface area contributed by atoms with Crippen LogP contribution in [-0.2, 0) is 6.54 Å². The van der Waals surface area contributed by atoms with Crippen molar-refractivity contribution in [3.63, 3.8) is 0 Å². The third kappa shape index (κ3) is 4.19. The Bertz CT molecular complexity index is 721. The van der Waals surface area contributed by atoms with Gasteiger partial charge in [-0.05, 0) is 17.7 Å². The average molecular weight is 352 g/mol. The second-order valence-corrected chi connectivity index (χ2v) is 5.83. The fourth-order valence-corrected chi connectivity index (χ4v) is 2.86. The minimum atomic E-state index is -2.60. The zero-order chi connectivity index (χ0) is 17.8. The highest BCUT2D eigenvalue weighted by Gasteiger charge is 2.20. The van der Waals surface area contributed by atoms with E-state index in [2.05, 4.69) is 14.9 Å². The molecule has 1 fully saturated rings. The lowest BCUT2D eigenvalue weighted by Crippen LogP contribution is -2.46. The Morgan fingerprint density at radius 1 is 1.12 bits per heavy atom. The summed E-state index contributed by atoms with van der Waals surface area (Å²) in [5.74, 6) is 0.367. The molecule has 25 heavy (non-hydrogen) atoms. The van der Waals surface area contributed by atoms with Crippen LogP contribution in [0.25, 0.3) is 0 Å². The number of hydrogen-bond donors (Lipinski definition) is 0. The Kier molecular flexibility index (Phi) is 5.37. The summed E-state index contributed by atoms with van der Waals surface area (Å²) in [5, 5.41) is 0. The number of hydrogen-bond acceptors (Lipinski definition) is 5. The molecule has 0 aliphatic carbocycles. The van der Waals surface area contributed by atoms with Gasteiger partial charge in [-0.2, -0.15) is 0 Å². The van der Waals surface area contributed by atoms with Crippen LogP contribution >= 0.6 is 0 Å². The highest BCUT2D eigenvalue weighted by molar-refractivity contribution is 5.39. The van der Waals surface area contributed by atoms with Gasteiger partial charge in [-0.3, -0.25) is 4.90 Å². The predicted molar refractivity (Wildman–Crippen MR) is 87.4 cm³/mol. The van der Waals surface area contributed by atoms with E-state index in [1.54, 1.807) is 6.07 Å². The molecule has 0 spiro atoms. The summed E-state index contributed by atoms with van der Waals surface area (Å²) in [4.78, 5) is 11.8. The van der Waals surface area contributed by atoms with Gasteiger partial charge < -0.3 is 9.64 Å². The van der Waals surface area contributed by atoms with Crippen molar-refractivity contribution in [1.29, 1.82) is 0 Å². The molecule has 8 heteroatoms. The molecule has 1 aliphatic rings. The molecule has 0 bridgehead atoms. The van der Waals surface area contributed by atoms with E-state index in [-0.39, 0.29) is 17.3 Å². The maximum Gasteiger partial charge on any atom is 0.280 e. The van der Waals surface area contributed by atoms with Crippen LogP contribution in [0.15, 0.2) is 30.6 Å². The number of piperazine rings is 1. The number of ether oxygens (including phenoxy) is 1. The first-order valence-electron chi connectivity index (χ1n) is 7.96. The van der Waals surface area contributed by atoms with Crippen molar-refractivity contribution in [3.8, 4) is 5.75 Å². The number of anilines is 1. The topological polar surface area (TPSA) is 41.5 Å². The van der Waals surface area contributed by atoms with Gasteiger partial charge in [0.05, 0.1) is 7.11 Å². The average Bonchev–Trinajstić information content (AvgIpc) is 2.62. The molecule has 5 nitrogen and oxygen atoms in total. The Morgan fingerprint density at radius 2 is 1.88 bits per heavy atom. The molecule has 1 aliphatic heterocycles. The van der Waals surface area contributed by atoms with Gasteiger partial charge in [0.1, 0.15) is 17.8 Å². The van der Waals surface area contributed by atoms with Crippen molar-refractivity contribution < 1.29 is 17.9 Å². The zero-order valence-corrected chi connectivity index (χ0v) is 13.8. The normalized spacial score (nSPS) is 15.6. The molecule has 1 saturated heterocycles. The zero-order valence-electron chi connectivity index (χ0n) is 13.8. The number of halogens is 3. The third-order valence-electron chi connectivity index (χ3n) is 4.22. The fourth-order valence-electron chi connectivity index (χ4n) is 2.86. The largest absolute Gasteiger partial charge is 0.494 e. The number of aromatic nitrogens is 2. The molecule has 1 aromatic carbocycles. The van der Waals surface area contributed by atoms with Crippen LogP contribution in [0.4, 0.5) is 19.0 Å². The van der Waals surface area contributed by atoms with Crippen LogP contribution in [0.1, 0.15) is 17.7 Å². The van der Waals surface area contributed by atoms with Crippen LogP contribution in [0, 0.1) is 5.82 Å². The summed E-state index contributed by atoms with van der Waals surface area (Å²) < 4.78 is 44.2. The Balaban J connectivity index is 1.58. The SMILES string of the molecule is COc1ccc(CN2CCN(c3cc(C(F)F)ncn3)CC2)cc1F. The molecule has 2 aromatic rings. The fraction of sp³-hybridized carbons (Fsp3) is 0.412. The summed E-state index contributed by atoms with van der Waals surface area (Å²) in [6, 6.07) is 6.27. The van der Waals surface area contributed by atoms with Crippen molar-refractivity contribution >= 4 is 5.82 Å². The Morgan fingerprint density at radius 3 is 2.52 bits per heavy atom. The second kappa shape index (κ2) is 7.69. The van der Waals surface area contributed by atoms with Crippen molar-refractivity contribution in [1.82, 2.24) is 14.9 Å². The molecular weight excluding hydrogens is 333 g/mol. The van der Waals surface area contributed by atoms with Crippen molar-refractivity contribution in [3.05, 3.63) is 47.7 Å². The molecule has 0 radical (unpaired) electrons. The van der Waals surface area contributed by atoms with Crippen molar-refractivity contribution in [2.75, 3.05) is 38.2 Å². The van der Waals surface area contributed by atoms with Gasteiger partial charge >= 0.3 is 0 Å². The van der Waals surface area contributed by atoms with E-state index in [0.29, 0.717) is 25.5 Å². The van der Waals surface area contributed by atoms with Crippen LogP contribution < -0.4 is 9.64 Å². The summed E-state index contributed by atoms with van der Waals surface area (Å²) in [5.41, 5.74) is 0.606. The number of rotatable bonds is 5. The van der Waals surface area contributed by atoms with E-state index in [1.165, 1.54) is 25.6 Å². The van der Waals surface area contributed by atoms with Crippen LogP contribution in [-0.4, -0.2) is 48.2 Å². The summed E-state index contributed by atoms with van der Waals surface area (Å²) in [6.07, 6.45) is -1.43. The van der Waals surface area contributed by atoms with Gasteiger partial charge in [0.25, 0.3) is 6.43 Å². The van der Waals surface area contributed by atoms with Crippen LogP contribution in [0.2, 0.25) is 0 Å². The van der Waals surface area contributed by atoms with Gasteiger partial charge in [0, 0.05) is 38.8 Å². The van der Waals surface area contributed by atoms with E-state index < -0.39 is 6.43 Å². The van der Waals surface area contributed by atoms with Crippen LogP contribution in [0.5, 0.6) is 5.75 Å². The van der Waals surface area contributed by atoms with Gasteiger partial charge in [-0.25, -0.2) is 23.1 Å². The third-order valence-corrected chi connectivity index (χ3v) is 4.22. The van der Waals surface area contributed by atoms with E-state index in [0.717, 1.165) is 18.7 Å². The Labute approximate surface area is 144 Å². The first-order chi connectivity index (χ1) is 12.1. The van der Waals surface area contributed by atoms with E-state index in [4.69, 9.17) is 4.74 Å². The number of methoxy groups -OCH3 is 1. The number of nitrogens with zero attached hydrogens (tertiary/aromatic N) is 4. The van der Waals surface area contributed by atoms with Crippen molar-refractivity contribution in [2.24, 2.45) is 0 Å². The minimum Gasteiger partial charge on any atom is -0.494 e. The molecule has 0 N–H and O–H groups in total. The number of alkyl halides is 2. The molecular formula is C17H19F3N4O. The second-order valence-electron chi connectivity index (χ2n) is 5.83. The molecule has 2 heterocycles. The van der Waals surface area contributed by atoms with E-state index >= 15 is 0 Å². The standard InChI is InChI=1S/C17H19F3N4O/c1-25-15-3-2-12(8-13(15)18)10-23-4-6-24(7-5-23)16-9-14(17(19)20)21-11-22-16/h2-3,8-9,11,17H,4-7,10H2,1H3. The smallest absolute Gasteiger partial charge is 0.280 e. The van der Waals surface area contributed by atoms with Gasteiger partial charge in [0.2, 0.25) is 0 Å². The van der Waals surface area contributed by atoms with Crippen LogP contribution in [0.3, 0.4) is 0 Å². The molecule has 0 amide bonds. The monoisotopic (exact) mass is 352 g/mol. The maximum absolute atomic E-state index is 13.8. The molecule has 3 rings (SSSR count). The lowest BCUT2D eigenvalue weighted by atomic mass is 10.2. The maximum atomic E-state index is 13.8. The van der Waals surface area contributed by atoms with E-state index in [1.807, 2.05) is 11.0 Å². The summed E-state index contributed by atoms with van der Waals surface area (Å²) in [7, 11) is 1.43. The molecule has 134 valence electrons. The Hall–Kier alpha value is -2.35. The molecule has 1 aromatic heterocycles. The number of benzene rings is 1. The van der Waals surface area contributed by atoms with E-state index in [9.17, 15) is 13.2 Å². The summed E-state index contributed by atoms with van der Waals surface area (Å²) in [6.45, 7) is 3.43. The van der Waals surface area contributed by atoms with Crippen molar-refractivity contribution in [2.45, 2.75) is 13.0 Å². The molecule has 0 unspecified atom stereocenters.